The van der Waals surface area contributed by atoms with Crippen LogP contribution in [0.3, 0.4) is 0 Å². The number of carbonyl (C=O) groups excluding carboxylic acids is 1. The van der Waals surface area contributed by atoms with Crippen molar-refractivity contribution in [3.05, 3.63) is 34.9 Å². The van der Waals surface area contributed by atoms with Gasteiger partial charge >= 0.3 is 0 Å². The van der Waals surface area contributed by atoms with Gasteiger partial charge in [-0.3, -0.25) is 4.79 Å². The Morgan fingerprint density at radius 3 is 2.29 bits per heavy atom. The maximum atomic E-state index is 11.9. The number of hydrogen-bond donors (Lipinski definition) is 2. The first kappa shape index (κ1) is 14.0. The van der Waals surface area contributed by atoms with E-state index in [9.17, 15) is 4.79 Å². The van der Waals surface area contributed by atoms with Gasteiger partial charge in [0.25, 0.3) is 0 Å². The lowest BCUT2D eigenvalue weighted by atomic mass is 9.93. The fourth-order valence-corrected chi connectivity index (χ4v) is 1.66. The lowest BCUT2D eigenvalue weighted by Crippen LogP contribution is -2.52. The Kier molecular flexibility index (Phi) is 4.97. The zero-order valence-electron chi connectivity index (χ0n) is 10.3. The molecule has 0 saturated carbocycles. The molecule has 0 aliphatic rings. The Hall–Kier alpha value is -1.06. The van der Waals surface area contributed by atoms with Gasteiger partial charge in [0, 0.05) is 11.6 Å². The third-order valence-corrected chi connectivity index (χ3v) is 3.33. The van der Waals surface area contributed by atoms with Crippen molar-refractivity contribution in [3.8, 4) is 0 Å². The molecule has 1 aromatic carbocycles. The van der Waals surface area contributed by atoms with Crippen LogP contribution in [-0.2, 0) is 11.3 Å². The summed E-state index contributed by atoms with van der Waals surface area (Å²) in [7, 11) is 0. The molecule has 3 nitrogen and oxygen atoms in total. The van der Waals surface area contributed by atoms with Crippen molar-refractivity contribution in [1.82, 2.24) is 5.32 Å². The van der Waals surface area contributed by atoms with Crippen LogP contribution in [0, 0.1) is 0 Å². The van der Waals surface area contributed by atoms with Crippen LogP contribution in [-0.4, -0.2) is 11.4 Å². The van der Waals surface area contributed by atoms with Gasteiger partial charge in [0.1, 0.15) is 0 Å². The smallest absolute Gasteiger partial charge is 0.240 e. The number of nitrogens with two attached hydrogens (primary N) is 1. The highest BCUT2D eigenvalue weighted by Gasteiger charge is 2.29. The van der Waals surface area contributed by atoms with Crippen LogP contribution in [0.25, 0.3) is 0 Å². The number of halogens is 1. The van der Waals surface area contributed by atoms with Crippen molar-refractivity contribution < 1.29 is 4.79 Å². The molecule has 0 heterocycles. The number of hydrogen-bond acceptors (Lipinski definition) is 2. The standard InChI is InChI=1S/C13H19ClN2O/c1-3-13(15,4-2)12(17)16-9-10-5-7-11(14)8-6-10/h5-8H,3-4,9,15H2,1-2H3,(H,16,17). The van der Waals surface area contributed by atoms with E-state index in [1.165, 1.54) is 0 Å². The summed E-state index contributed by atoms with van der Waals surface area (Å²) in [5.74, 6) is -0.0996. The summed E-state index contributed by atoms with van der Waals surface area (Å²) >= 11 is 5.78. The molecule has 1 aromatic rings. The van der Waals surface area contributed by atoms with Crippen molar-refractivity contribution in [1.29, 1.82) is 0 Å². The second kappa shape index (κ2) is 6.03. The van der Waals surface area contributed by atoms with Gasteiger partial charge in [-0.2, -0.15) is 0 Å². The van der Waals surface area contributed by atoms with Crippen LogP contribution in [0.15, 0.2) is 24.3 Å². The van der Waals surface area contributed by atoms with Gasteiger partial charge in [0.15, 0.2) is 0 Å². The number of benzene rings is 1. The molecule has 3 N–H and O–H groups in total. The fourth-order valence-electron chi connectivity index (χ4n) is 1.53. The van der Waals surface area contributed by atoms with Crippen LogP contribution in [0.2, 0.25) is 5.02 Å². The van der Waals surface area contributed by atoms with Gasteiger partial charge in [-0.1, -0.05) is 37.6 Å². The second-order valence-corrected chi connectivity index (χ2v) is 4.61. The Bertz CT molecular complexity index is 372. The Morgan fingerprint density at radius 1 is 1.29 bits per heavy atom. The topological polar surface area (TPSA) is 55.1 Å². The minimum Gasteiger partial charge on any atom is -0.350 e. The predicted octanol–water partition coefficient (Wildman–Crippen LogP) is 2.47. The van der Waals surface area contributed by atoms with E-state index in [4.69, 9.17) is 17.3 Å². The van der Waals surface area contributed by atoms with Crippen LogP contribution in [0.4, 0.5) is 0 Å². The summed E-state index contributed by atoms with van der Waals surface area (Å²) < 4.78 is 0. The van der Waals surface area contributed by atoms with Gasteiger partial charge in [-0.15, -0.1) is 0 Å². The van der Waals surface area contributed by atoms with Crippen LogP contribution >= 0.6 is 11.6 Å². The SMILES string of the molecule is CCC(N)(CC)C(=O)NCc1ccc(Cl)cc1. The molecule has 0 aliphatic carbocycles. The van der Waals surface area contributed by atoms with Crippen molar-refractivity contribution >= 4 is 17.5 Å². The molecule has 94 valence electrons. The number of nitrogens with one attached hydrogen (secondary N) is 1. The lowest BCUT2D eigenvalue weighted by Gasteiger charge is -2.25. The molecule has 0 radical (unpaired) electrons. The van der Waals surface area contributed by atoms with E-state index in [-0.39, 0.29) is 5.91 Å². The Morgan fingerprint density at radius 2 is 1.82 bits per heavy atom. The van der Waals surface area contributed by atoms with Crippen molar-refractivity contribution in [2.24, 2.45) is 5.73 Å². The lowest BCUT2D eigenvalue weighted by molar-refractivity contribution is -0.126. The molecule has 0 aromatic heterocycles. The summed E-state index contributed by atoms with van der Waals surface area (Å²) in [5.41, 5.74) is 6.25. The maximum absolute atomic E-state index is 11.9. The molecule has 4 heteroatoms. The first-order valence-corrected chi connectivity index (χ1v) is 6.21. The molecule has 0 aliphatic heterocycles. The largest absolute Gasteiger partial charge is 0.350 e. The van der Waals surface area contributed by atoms with Gasteiger partial charge in [0.2, 0.25) is 5.91 Å². The van der Waals surface area contributed by atoms with Gasteiger partial charge in [-0.05, 0) is 30.5 Å². The first-order chi connectivity index (χ1) is 8.01. The Balaban J connectivity index is 2.56. The molecule has 0 bridgehead atoms. The highest BCUT2D eigenvalue weighted by Crippen LogP contribution is 2.12. The van der Waals surface area contributed by atoms with E-state index in [0.29, 0.717) is 24.4 Å². The van der Waals surface area contributed by atoms with Gasteiger partial charge in [-0.25, -0.2) is 0 Å². The quantitative estimate of drug-likeness (QED) is 0.848. The highest BCUT2D eigenvalue weighted by molar-refractivity contribution is 6.30. The minimum atomic E-state index is -0.758. The fraction of sp³-hybridized carbons (Fsp3) is 0.462. The monoisotopic (exact) mass is 254 g/mol. The number of amides is 1. The minimum absolute atomic E-state index is 0.0996. The molecular weight excluding hydrogens is 236 g/mol. The number of rotatable bonds is 5. The molecule has 0 fully saturated rings. The van der Waals surface area contributed by atoms with E-state index in [0.717, 1.165) is 5.56 Å². The summed E-state index contributed by atoms with van der Waals surface area (Å²) in [6, 6.07) is 7.38. The average Bonchev–Trinajstić information content (AvgIpc) is 2.36. The van der Waals surface area contributed by atoms with Gasteiger partial charge < -0.3 is 11.1 Å². The molecule has 0 atom stereocenters. The third-order valence-electron chi connectivity index (χ3n) is 3.08. The van der Waals surface area contributed by atoms with E-state index in [1.807, 2.05) is 26.0 Å². The molecule has 0 saturated heterocycles. The van der Waals surface area contributed by atoms with Crippen LogP contribution in [0.1, 0.15) is 32.3 Å². The van der Waals surface area contributed by atoms with Crippen LogP contribution in [0.5, 0.6) is 0 Å². The second-order valence-electron chi connectivity index (χ2n) is 4.17. The van der Waals surface area contributed by atoms with E-state index in [2.05, 4.69) is 5.32 Å². The predicted molar refractivity (Wildman–Crippen MR) is 70.8 cm³/mol. The van der Waals surface area contributed by atoms with Crippen molar-refractivity contribution in [2.45, 2.75) is 38.8 Å². The zero-order chi connectivity index (χ0) is 12.9. The molecule has 0 spiro atoms. The third kappa shape index (κ3) is 3.72. The van der Waals surface area contributed by atoms with Crippen molar-refractivity contribution in [2.75, 3.05) is 0 Å². The highest BCUT2D eigenvalue weighted by atomic mass is 35.5. The van der Waals surface area contributed by atoms with Crippen molar-refractivity contribution in [3.63, 3.8) is 0 Å². The first-order valence-electron chi connectivity index (χ1n) is 5.83. The Labute approximate surface area is 107 Å². The average molecular weight is 255 g/mol. The molecule has 0 unspecified atom stereocenters. The molecular formula is C13H19ClN2O. The normalized spacial score (nSPS) is 11.3. The summed E-state index contributed by atoms with van der Waals surface area (Å²) in [4.78, 5) is 11.9. The van der Waals surface area contributed by atoms with E-state index in [1.54, 1.807) is 12.1 Å². The van der Waals surface area contributed by atoms with Crippen LogP contribution < -0.4 is 11.1 Å². The van der Waals surface area contributed by atoms with Gasteiger partial charge in [0.05, 0.1) is 5.54 Å². The number of carbonyl (C=O) groups is 1. The van der Waals surface area contributed by atoms with E-state index < -0.39 is 5.54 Å². The molecule has 17 heavy (non-hydrogen) atoms. The summed E-state index contributed by atoms with van der Waals surface area (Å²) in [6.07, 6.45) is 1.27. The molecule has 1 amide bonds. The summed E-state index contributed by atoms with van der Waals surface area (Å²) in [5, 5.41) is 3.54. The molecule has 1 rings (SSSR count). The zero-order valence-corrected chi connectivity index (χ0v) is 11.1. The maximum Gasteiger partial charge on any atom is 0.240 e. The van der Waals surface area contributed by atoms with E-state index >= 15 is 0 Å². The summed E-state index contributed by atoms with van der Waals surface area (Å²) in [6.45, 7) is 4.33.